The molecule has 0 aromatic heterocycles. The van der Waals surface area contributed by atoms with Crippen LogP contribution in [-0.2, 0) is 4.74 Å². The van der Waals surface area contributed by atoms with Gasteiger partial charge in [0.2, 0.25) is 0 Å². The first-order chi connectivity index (χ1) is 8.11. The quantitative estimate of drug-likeness (QED) is 0.715. The number of methoxy groups -OCH3 is 1. The van der Waals surface area contributed by atoms with Crippen LogP contribution in [0.3, 0.4) is 0 Å². The van der Waals surface area contributed by atoms with E-state index in [1.54, 1.807) is 7.11 Å². The molecule has 1 aliphatic heterocycles. The third-order valence-corrected chi connectivity index (χ3v) is 3.33. The molecular formula is C12H25N3OS. The molecule has 17 heavy (non-hydrogen) atoms. The van der Waals surface area contributed by atoms with Crippen LogP contribution in [0, 0.1) is 5.92 Å². The largest absolute Gasteiger partial charge is 0.383 e. The summed E-state index contributed by atoms with van der Waals surface area (Å²) in [5.74, 6) is 0.714. The number of likely N-dealkylation sites (tertiary alicyclic amines) is 1. The van der Waals surface area contributed by atoms with Crippen molar-refractivity contribution in [2.24, 2.45) is 5.92 Å². The molecule has 100 valence electrons. The van der Waals surface area contributed by atoms with Crippen LogP contribution < -0.4 is 10.6 Å². The monoisotopic (exact) mass is 259 g/mol. The average Bonchev–Trinajstić information content (AvgIpc) is 2.27. The van der Waals surface area contributed by atoms with Crippen LogP contribution in [0.4, 0.5) is 0 Å². The number of ether oxygens (including phenoxy) is 1. The fourth-order valence-corrected chi connectivity index (χ4v) is 2.53. The summed E-state index contributed by atoms with van der Waals surface area (Å²) in [7, 11) is 3.88. The minimum absolute atomic E-state index is 0.258. The molecule has 0 bridgehead atoms. The summed E-state index contributed by atoms with van der Waals surface area (Å²) in [4.78, 5) is 2.39. The maximum Gasteiger partial charge on any atom is 0.166 e. The van der Waals surface area contributed by atoms with E-state index in [0.29, 0.717) is 12.5 Å². The Bertz CT molecular complexity index is 238. The van der Waals surface area contributed by atoms with Crippen molar-refractivity contribution in [1.82, 2.24) is 15.5 Å². The maximum atomic E-state index is 5.25. The molecule has 0 aromatic rings. The van der Waals surface area contributed by atoms with Crippen LogP contribution >= 0.6 is 12.2 Å². The minimum atomic E-state index is 0.258. The lowest BCUT2D eigenvalue weighted by Crippen LogP contribution is -2.45. The van der Waals surface area contributed by atoms with Crippen LogP contribution in [0.5, 0.6) is 0 Å². The van der Waals surface area contributed by atoms with Crippen LogP contribution in [-0.4, -0.2) is 56.5 Å². The first-order valence-corrected chi connectivity index (χ1v) is 6.74. The van der Waals surface area contributed by atoms with E-state index in [1.165, 1.54) is 25.9 Å². The molecule has 1 fully saturated rings. The Hall–Kier alpha value is -0.390. The van der Waals surface area contributed by atoms with Crippen LogP contribution in [0.25, 0.3) is 0 Å². The zero-order chi connectivity index (χ0) is 12.7. The molecule has 0 saturated carbocycles. The summed E-state index contributed by atoms with van der Waals surface area (Å²) >= 11 is 5.25. The van der Waals surface area contributed by atoms with Crippen molar-refractivity contribution < 1.29 is 4.74 Å². The number of nitrogens with zero attached hydrogens (tertiary/aromatic N) is 1. The summed E-state index contributed by atoms with van der Waals surface area (Å²) in [6, 6.07) is 0.258. The highest BCUT2D eigenvalue weighted by atomic mass is 32.1. The van der Waals surface area contributed by atoms with Gasteiger partial charge in [-0.1, -0.05) is 0 Å². The highest BCUT2D eigenvalue weighted by Gasteiger charge is 2.17. The highest BCUT2D eigenvalue weighted by Crippen LogP contribution is 2.13. The van der Waals surface area contributed by atoms with Gasteiger partial charge in [-0.05, 0) is 51.5 Å². The fourth-order valence-electron chi connectivity index (χ4n) is 2.24. The first kappa shape index (κ1) is 14.7. The van der Waals surface area contributed by atoms with Gasteiger partial charge in [0.25, 0.3) is 0 Å². The standard InChI is InChI=1S/C12H25N3OS/c1-10(9-16-3)14-12(17)13-7-11-5-4-6-15(2)8-11/h10-11H,4-9H2,1-3H3,(H2,13,14,17). The second-order valence-electron chi connectivity index (χ2n) is 4.98. The molecule has 1 aliphatic rings. The van der Waals surface area contributed by atoms with Gasteiger partial charge in [-0.25, -0.2) is 0 Å². The molecule has 0 amide bonds. The lowest BCUT2D eigenvalue weighted by Gasteiger charge is -2.30. The molecule has 2 atom stereocenters. The van der Waals surface area contributed by atoms with Crippen LogP contribution in [0.15, 0.2) is 0 Å². The number of hydrogen-bond donors (Lipinski definition) is 2. The summed E-state index contributed by atoms with van der Waals surface area (Å²) in [6.07, 6.45) is 2.59. The lowest BCUT2D eigenvalue weighted by molar-refractivity contribution is 0.179. The average molecular weight is 259 g/mol. The number of piperidine rings is 1. The molecule has 0 aliphatic carbocycles. The van der Waals surface area contributed by atoms with Crippen molar-refractivity contribution in [3.63, 3.8) is 0 Å². The van der Waals surface area contributed by atoms with Gasteiger partial charge in [0, 0.05) is 26.2 Å². The summed E-state index contributed by atoms with van der Waals surface area (Å²) < 4.78 is 5.06. The van der Waals surface area contributed by atoms with Crippen LogP contribution in [0.1, 0.15) is 19.8 Å². The summed E-state index contributed by atoms with van der Waals surface area (Å²) in [5.41, 5.74) is 0. The van der Waals surface area contributed by atoms with E-state index in [4.69, 9.17) is 17.0 Å². The third kappa shape index (κ3) is 6.19. The Morgan fingerprint density at radius 3 is 3.00 bits per heavy atom. The van der Waals surface area contributed by atoms with Crippen molar-refractivity contribution in [2.75, 3.05) is 40.4 Å². The molecule has 2 unspecified atom stereocenters. The third-order valence-electron chi connectivity index (χ3n) is 3.07. The molecular weight excluding hydrogens is 234 g/mol. The second kappa shape index (κ2) is 7.84. The summed E-state index contributed by atoms with van der Waals surface area (Å²) in [6.45, 7) is 6.10. The van der Waals surface area contributed by atoms with E-state index < -0.39 is 0 Å². The van der Waals surface area contributed by atoms with Gasteiger partial charge in [-0.15, -0.1) is 0 Å². The normalized spacial score (nSPS) is 23.1. The number of thiocarbonyl (C=S) groups is 1. The maximum absolute atomic E-state index is 5.25. The van der Waals surface area contributed by atoms with Gasteiger partial charge >= 0.3 is 0 Å². The lowest BCUT2D eigenvalue weighted by atomic mass is 9.99. The van der Waals surface area contributed by atoms with E-state index in [9.17, 15) is 0 Å². The van der Waals surface area contributed by atoms with Crippen molar-refractivity contribution in [1.29, 1.82) is 0 Å². The Morgan fingerprint density at radius 2 is 2.35 bits per heavy atom. The first-order valence-electron chi connectivity index (χ1n) is 6.33. The van der Waals surface area contributed by atoms with Gasteiger partial charge < -0.3 is 20.3 Å². The van der Waals surface area contributed by atoms with Crippen LogP contribution in [0.2, 0.25) is 0 Å². The molecule has 0 aromatic carbocycles. The van der Waals surface area contributed by atoms with Gasteiger partial charge in [-0.2, -0.15) is 0 Å². The summed E-state index contributed by atoms with van der Waals surface area (Å²) in [5, 5.41) is 7.25. The van der Waals surface area contributed by atoms with E-state index in [1.807, 2.05) is 0 Å². The molecule has 5 heteroatoms. The molecule has 1 rings (SSSR count). The molecule has 1 heterocycles. The zero-order valence-electron chi connectivity index (χ0n) is 11.2. The van der Waals surface area contributed by atoms with Gasteiger partial charge in [-0.3, -0.25) is 0 Å². The molecule has 0 radical (unpaired) electrons. The van der Waals surface area contributed by atoms with Crippen molar-refractivity contribution in [3.05, 3.63) is 0 Å². The number of nitrogens with one attached hydrogen (secondary N) is 2. The number of rotatable bonds is 5. The highest BCUT2D eigenvalue weighted by molar-refractivity contribution is 7.80. The molecule has 0 spiro atoms. The van der Waals surface area contributed by atoms with Gasteiger partial charge in [0.05, 0.1) is 6.61 Å². The SMILES string of the molecule is COCC(C)NC(=S)NCC1CCCN(C)C1. The predicted molar refractivity (Wildman–Crippen MR) is 75.3 cm³/mol. The Balaban J connectivity index is 2.14. The predicted octanol–water partition coefficient (Wildman–Crippen LogP) is 0.827. The van der Waals surface area contributed by atoms with Crippen molar-refractivity contribution in [2.45, 2.75) is 25.8 Å². The van der Waals surface area contributed by atoms with E-state index in [-0.39, 0.29) is 6.04 Å². The Labute approximate surface area is 110 Å². The van der Waals surface area contributed by atoms with Gasteiger partial charge in [0.15, 0.2) is 5.11 Å². The van der Waals surface area contributed by atoms with E-state index in [0.717, 1.165) is 11.7 Å². The Kier molecular flexibility index (Phi) is 6.77. The zero-order valence-corrected chi connectivity index (χ0v) is 12.0. The molecule has 2 N–H and O–H groups in total. The Morgan fingerprint density at radius 1 is 1.59 bits per heavy atom. The van der Waals surface area contributed by atoms with Crippen molar-refractivity contribution in [3.8, 4) is 0 Å². The minimum Gasteiger partial charge on any atom is -0.383 e. The smallest absolute Gasteiger partial charge is 0.166 e. The molecule has 4 nitrogen and oxygen atoms in total. The van der Waals surface area contributed by atoms with E-state index in [2.05, 4.69) is 29.5 Å². The van der Waals surface area contributed by atoms with E-state index >= 15 is 0 Å². The van der Waals surface area contributed by atoms with Gasteiger partial charge in [0.1, 0.15) is 0 Å². The number of hydrogen-bond acceptors (Lipinski definition) is 3. The second-order valence-corrected chi connectivity index (χ2v) is 5.39. The topological polar surface area (TPSA) is 36.5 Å². The molecule has 1 saturated heterocycles. The fraction of sp³-hybridized carbons (Fsp3) is 0.917. The van der Waals surface area contributed by atoms with Crippen molar-refractivity contribution >= 4 is 17.3 Å².